The van der Waals surface area contributed by atoms with E-state index in [9.17, 15) is 4.79 Å². The molecule has 0 radical (unpaired) electrons. The number of nitrogens with zero attached hydrogens (tertiary/aromatic N) is 1. The smallest absolute Gasteiger partial charge is 0.243 e. The van der Waals surface area contributed by atoms with E-state index in [0.29, 0.717) is 12.6 Å². The molecule has 0 unspecified atom stereocenters. The van der Waals surface area contributed by atoms with Crippen molar-refractivity contribution in [2.24, 2.45) is 0 Å². The van der Waals surface area contributed by atoms with Gasteiger partial charge in [-0.1, -0.05) is 36.4 Å². The molecule has 114 valence electrons. The summed E-state index contributed by atoms with van der Waals surface area (Å²) in [5, 5.41) is 3.08. The highest BCUT2D eigenvalue weighted by molar-refractivity contribution is 5.95. The summed E-state index contributed by atoms with van der Waals surface area (Å²) in [4.78, 5) is 14.7. The van der Waals surface area contributed by atoms with E-state index in [1.807, 2.05) is 38.1 Å². The van der Waals surface area contributed by atoms with E-state index >= 15 is 0 Å². The molecule has 1 aliphatic heterocycles. The number of amides is 1. The minimum atomic E-state index is 0.0425. The highest BCUT2D eigenvalue weighted by atomic mass is 16.2. The Morgan fingerprint density at radius 1 is 1.14 bits per heavy atom. The summed E-state index contributed by atoms with van der Waals surface area (Å²) in [5.41, 5.74) is 5.65. The number of para-hydroxylation sites is 2. The molecule has 1 N–H and O–H groups in total. The third-order valence-corrected chi connectivity index (χ3v) is 4.41. The van der Waals surface area contributed by atoms with Crippen LogP contribution in [-0.2, 0) is 11.2 Å². The average molecular weight is 294 g/mol. The lowest BCUT2D eigenvalue weighted by molar-refractivity contribution is -0.115. The second-order valence-corrected chi connectivity index (χ2v) is 6.12. The molecule has 1 aliphatic rings. The number of carbonyl (C=O) groups is 1. The monoisotopic (exact) mass is 294 g/mol. The summed E-state index contributed by atoms with van der Waals surface area (Å²) in [6.07, 6.45) is 1.01. The van der Waals surface area contributed by atoms with Gasteiger partial charge in [0.1, 0.15) is 0 Å². The van der Waals surface area contributed by atoms with Gasteiger partial charge in [0.05, 0.1) is 6.54 Å². The van der Waals surface area contributed by atoms with Gasteiger partial charge in [0.15, 0.2) is 0 Å². The van der Waals surface area contributed by atoms with Gasteiger partial charge in [0.2, 0.25) is 5.91 Å². The van der Waals surface area contributed by atoms with Gasteiger partial charge in [-0.05, 0) is 49.9 Å². The Morgan fingerprint density at radius 2 is 1.82 bits per heavy atom. The summed E-state index contributed by atoms with van der Waals surface area (Å²) in [6, 6.07) is 14.8. The summed E-state index contributed by atoms with van der Waals surface area (Å²) in [5.74, 6) is 0.0425. The number of benzene rings is 2. The van der Waals surface area contributed by atoms with Crippen molar-refractivity contribution in [3.63, 3.8) is 0 Å². The number of carbonyl (C=O) groups excluding carboxylic acids is 1. The molecule has 1 amide bonds. The molecule has 0 saturated carbocycles. The Hall–Kier alpha value is -2.29. The average Bonchev–Trinajstić information content (AvgIpc) is 2.79. The second-order valence-electron chi connectivity index (χ2n) is 6.12. The van der Waals surface area contributed by atoms with Gasteiger partial charge in [0.25, 0.3) is 0 Å². The van der Waals surface area contributed by atoms with Gasteiger partial charge in [-0.3, -0.25) is 4.79 Å². The molecular formula is C19H22N2O. The number of rotatable bonds is 3. The van der Waals surface area contributed by atoms with E-state index in [1.165, 1.54) is 11.3 Å². The molecule has 0 fully saturated rings. The van der Waals surface area contributed by atoms with Gasteiger partial charge in [-0.2, -0.15) is 0 Å². The standard InChI is InChI=1S/C19H22N2O/c1-13-7-6-8-14(2)19(13)20-18(22)12-21-15(3)11-16-9-4-5-10-17(16)21/h4-10,15H,11-12H2,1-3H3,(H,20,22)/t15-/m1/s1. The predicted molar refractivity (Wildman–Crippen MR) is 91.5 cm³/mol. The first-order valence-electron chi connectivity index (χ1n) is 7.77. The van der Waals surface area contributed by atoms with E-state index in [0.717, 1.165) is 23.2 Å². The molecule has 2 aromatic carbocycles. The molecule has 0 aliphatic carbocycles. The summed E-state index contributed by atoms with van der Waals surface area (Å²) >= 11 is 0. The van der Waals surface area contributed by atoms with Crippen LogP contribution >= 0.6 is 0 Å². The highest BCUT2D eigenvalue weighted by Gasteiger charge is 2.27. The molecule has 0 aromatic heterocycles. The Balaban J connectivity index is 1.75. The van der Waals surface area contributed by atoms with Crippen LogP contribution in [0, 0.1) is 13.8 Å². The van der Waals surface area contributed by atoms with Gasteiger partial charge in [-0.15, -0.1) is 0 Å². The van der Waals surface area contributed by atoms with E-state index in [1.54, 1.807) is 0 Å². The molecule has 0 spiro atoms. The van der Waals surface area contributed by atoms with Gasteiger partial charge in [0, 0.05) is 17.4 Å². The van der Waals surface area contributed by atoms with E-state index < -0.39 is 0 Å². The van der Waals surface area contributed by atoms with Gasteiger partial charge in [-0.25, -0.2) is 0 Å². The topological polar surface area (TPSA) is 32.3 Å². The predicted octanol–water partition coefficient (Wildman–Crippen LogP) is 3.69. The van der Waals surface area contributed by atoms with Crippen LogP contribution in [0.2, 0.25) is 0 Å². The molecule has 3 nitrogen and oxygen atoms in total. The number of nitrogens with one attached hydrogen (secondary N) is 1. The van der Waals surface area contributed by atoms with Gasteiger partial charge >= 0.3 is 0 Å². The maximum atomic E-state index is 12.5. The van der Waals surface area contributed by atoms with Crippen molar-refractivity contribution >= 4 is 17.3 Å². The lowest BCUT2D eigenvalue weighted by atomic mass is 10.1. The first-order chi connectivity index (χ1) is 10.6. The van der Waals surface area contributed by atoms with Crippen molar-refractivity contribution in [2.75, 3.05) is 16.8 Å². The molecule has 3 heteroatoms. The number of hydrogen-bond acceptors (Lipinski definition) is 2. The Labute approximate surface area is 132 Å². The lowest BCUT2D eigenvalue weighted by Gasteiger charge is -2.24. The fourth-order valence-corrected chi connectivity index (χ4v) is 3.22. The Kier molecular flexibility index (Phi) is 3.88. The molecule has 0 bridgehead atoms. The number of fused-ring (bicyclic) bond motifs is 1. The van der Waals surface area contributed by atoms with Crippen LogP contribution < -0.4 is 10.2 Å². The molecule has 1 atom stereocenters. The molecule has 22 heavy (non-hydrogen) atoms. The van der Waals surface area contributed by atoms with Crippen molar-refractivity contribution in [1.82, 2.24) is 0 Å². The van der Waals surface area contributed by atoms with Crippen LogP contribution in [0.5, 0.6) is 0 Å². The van der Waals surface area contributed by atoms with Gasteiger partial charge < -0.3 is 10.2 Å². The quantitative estimate of drug-likeness (QED) is 0.936. The van der Waals surface area contributed by atoms with E-state index in [4.69, 9.17) is 0 Å². The van der Waals surface area contributed by atoms with Crippen molar-refractivity contribution < 1.29 is 4.79 Å². The van der Waals surface area contributed by atoms with E-state index in [2.05, 4.69) is 35.3 Å². The van der Waals surface area contributed by atoms with Crippen LogP contribution in [0.4, 0.5) is 11.4 Å². The summed E-state index contributed by atoms with van der Waals surface area (Å²) < 4.78 is 0. The lowest BCUT2D eigenvalue weighted by Crippen LogP contribution is -2.37. The molecular weight excluding hydrogens is 272 g/mol. The molecule has 0 saturated heterocycles. The minimum Gasteiger partial charge on any atom is -0.359 e. The minimum absolute atomic E-state index is 0.0425. The number of anilines is 2. The highest BCUT2D eigenvalue weighted by Crippen LogP contribution is 2.31. The first-order valence-corrected chi connectivity index (χ1v) is 7.77. The number of hydrogen-bond donors (Lipinski definition) is 1. The van der Waals surface area contributed by atoms with Crippen molar-refractivity contribution in [2.45, 2.75) is 33.2 Å². The molecule has 3 rings (SSSR count). The zero-order chi connectivity index (χ0) is 15.7. The molecule has 1 heterocycles. The first kappa shape index (κ1) is 14.6. The van der Waals surface area contributed by atoms with Crippen LogP contribution in [0.1, 0.15) is 23.6 Å². The SMILES string of the molecule is Cc1cccc(C)c1NC(=O)CN1c2ccccc2C[C@H]1C. The van der Waals surface area contributed by atoms with Crippen molar-refractivity contribution in [1.29, 1.82) is 0 Å². The maximum Gasteiger partial charge on any atom is 0.243 e. The van der Waals surface area contributed by atoms with Crippen molar-refractivity contribution in [3.8, 4) is 0 Å². The second kappa shape index (κ2) is 5.84. The largest absolute Gasteiger partial charge is 0.359 e. The normalized spacial score (nSPS) is 16.5. The zero-order valence-electron chi connectivity index (χ0n) is 13.4. The Bertz CT molecular complexity index is 688. The number of aryl methyl sites for hydroxylation is 2. The Morgan fingerprint density at radius 3 is 2.55 bits per heavy atom. The summed E-state index contributed by atoms with van der Waals surface area (Å²) in [7, 11) is 0. The third-order valence-electron chi connectivity index (χ3n) is 4.41. The van der Waals surface area contributed by atoms with Crippen LogP contribution in [0.3, 0.4) is 0 Å². The molecule has 2 aromatic rings. The van der Waals surface area contributed by atoms with Crippen molar-refractivity contribution in [3.05, 3.63) is 59.2 Å². The third kappa shape index (κ3) is 2.71. The van der Waals surface area contributed by atoms with Crippen LogP contribution in [0.15, 0.2) is 42.5 Å². The fraction of sp³-hybridized carbons (Fsp3) is 0.316. The van der Waals surface area contributed by atoms with E-state index in [-0.39, 0.29) is 5.91 Å². The maximum absolute atomic E-state index is 12.5. The fourth-order valence-electron chi connectivity index (χ4n) is 3.22. The zero-order valence-corrected chi connectivity index (χ0v) is 13.4. The van der Waals surface area contributed by atoms with Crippen LogP contribution in [0.25, 0.3) is 0 Å². The summed E-state index contributed by atoms with van der Waals surface area (Å²) in [6.45, 7) is 6.62. The van der Waals surface area contributed by atoms with Crippen LogP contribution in [-0.4, -0.2) is 18.5 Å².